The molecule has 4 rings (SSSR count). The predicted octanol–water partition coefficient (Wildman–Crippen LogP) is 4.79. The molecule has 1 saturated heterocycles. The molecular formula is C25H20N2O8S2. The van der Waals surface area contributed by atoms with Crippen LogP contribution in [0.1, 0.15) is 11.1 Å². The average molecular weight is 541 g/mol. The van der Waals surface area contributed by atoms with Gasteiger partial charge in [-0.25, -0.2) is 0 Å². The van der Waals surface area contributed by atoms with E-state index in [2.05, 4.69) is 0 Å². The highest BCUT2D eigenvalue weighted by atomic mass is 32.2. The molecule has 3 aromatic rings. The molecule has 0 atom stereocenters. The van der Waals surface area contributed by atoms with Crippen molar-refractivity contribution >= 4 is 44.8 Å². The summed E-state index contributed by atoms with van der Waals surface area (Å²) in [7, 11) is -4.35. The van der Waals surface area contributed by atoms with Crippen LogP contribution < -0.4 is 8.92 Å². The van der Waals surface area contributed by atoms with Crippen molar-refractivity contribution in [2.75, 3.05) is 13.2 Å². The number of aryl methyl sites for hydroxylation is 1. The van der Waals surface area contributed by atoms with E-state index in [1.807, 2.05) is 19.1 Å². The van der Waals surface area contributed by atoms with Crippen LogP contribution in [0.5, 0.6) is 11.5 Å². The lowest BCUT2D eigenvalue weighted by Gasteiger charge is -2.13. The largest absolute Gasteiger partial charge is 0.492 e. The molecule has 1 aliphatic heterocycles. The molecule has 0 aromatic heterocycles. The van der Waals surface area contributed by atoms with Gasteiger partial charge in [0.15, 0.2) is 0 Å². The van der Waals surface area contributed by atoms with E-state index in [-0.39, 0.29) is 28.7 Å². The van der Waals surface area contributed by atoms with Crippen LogP contribution in [0, 0.1) is 17.0 Å². The van der Waals surface area contributed by atoms with Crippen LogP contribution in [0.2, 0.25) is 0 Å². The van der Waals surface area contributed by atoms with Gasteiger partial charge in [0.25, 0.3) is 16.8 Å². The fourth-order valence-corrected chi connectivity index (χ4v) is 5.15. The van der Waals surface area contributed by atoms with Crippen molar-refractivity contribution in [2.24, 2.45) is 0 Å². The minimum atomic E-state index is -4.35. The molecule has 1 fully saturated rings. The second-order valence-corrected chi connectivity index (χ2v) is 10.4. The fourth-order valence-electron chi connectivity index (χ4n) is 3.32. The summed E-state index contributed by atoms with van der Waals surface area (Å²) in [6.45, 7) is 2.15. The number of thioether (sulfide) groups is 1. The Kier molecular flexibility index (Phi) is 7.60. The number of hydrogen-bond donors (Lipinski definition) is 0. The van der Waals surface area contributed by atoms with Gasteiger partial charge in [-0.2, -0.15) is 8.42 Å². The summed E-state index contributed by atoms with van der Waals surface area (Å²) < 4.78 is 36.0. The van der Waals surface area contributed by atoms with Gasteiger partial charge in [-0.15, -0.1) is 0 Å². The molecule has 10 nitrogen and oxygen atoms in total. The Morgan fingerprint density at radius 1 is 1.00 bits per heavy atom. The summed E-state index contributed by atoms with van der Waals surface area (Å²) in [4.78, 5) is 36.3. The zero-order valence-electron chi connectivity index (χ0n) is 19.4. The van der Waals surface area contributed by atoms with E-state index in [0.717, 1.165) is 28.3 Å². The second-order valence-electron chi connectivity index (χ2n) is 7.86. The summed E-state index contributed by atoms with van der Waals surface area (Å²) >= 11 is 0.765. The van der Waals surface area contributed by atoms with E-state index >= 15 is 0 Å². The summed E-state index contributed by atoms with van der Waals surface area (Å²) in [5.74, 6) is 0.0778. The quantitative estimate of drug-likeness (QED) is 0.163. The van der Waals surface area contributed by atoms with Crippen molar-refractivity contribution in [3.63, 3.8) is 0 Å². The van der Waals surface area contributed by atoms with Gasteiger partial charge in [-0.05, 0) is 60.7 Å². The number of amides is 2. The van der Waals surface area contributed by atoms with E-state index in [9.17, 15) is 28.1 Å². The van der Waals surface area contributed by atoms with E-state index in [4.69, 9.17) is 8.92 Å². The monoisotopic (exact) mass is 540 g/mol. The normalized spacial score (nSPS) is 14.7. The van der Waals surface area contributed by atoms with Crippen LogP contribution >= 0.6 is 11.8 Å². The van der Waals surface area contributed by atoms with Crippen molar-refractivity contribution in [3.8, 4) is 11.5 Å². The predicted molar refractivity (Wildman–Crippen MR) is 137 cm³/mol. The van der Waals surface area contributed by atoms with Gasteiger partial charge in [0, 0.05) is 12.1 Å². The van der Waals surface area contributed by atoms with Crippen LogP contribution in [0.4, 0.5) is 10.5 Å². The SMILES string of the molecule is Cc1ccc(OCCN2C(=O)S/C(=C\c3cccc(OS(=O)(=O)c4cccc([N+](=O)[O-])c4)c3)C2=O)cc1. The lowest BCUT2D eigenvalue weighted by atomic mass is 10.2. The summed E-state index contributed by atoms with van der Waals surface area (Å²) in [5, 5.41) is 10.5. The number of non-ortho nitro benzene ring substituents is 1. The Balaban J connectivity index is 1.44. The molecule has 0 spiro atoms. The van der Waals surface area contributed by atoms with Crippen molar-refractivity contribution in [2.45, 2.75) is 11.8 Å². The highest BCUT2D eigenvalue weighted by Crippen LogP contribution is 2.33. The minimum Gasteiger partial charge on any atom is -0.492 e. The number of hydrogen-bond acceptors (Lipinski definition) is 9. The van der Waals surface area contributed by atoms with Crippen LogP contribution in [0.15, 0.2) is 82.6 Å². The number of nitrogens with zero attached hydrogens (tertiary/aromatic N) is 2. The third-order valence-corrected chi connectivity index (χ3v) is 7.31. The fraction of sp³-hybridized carbons (Fsp3) is 0.120. The minimum absolute atomic E-state index is 0.0639. The van der Waals surface area contributed by atoms with Crippen LogP contribution in [-0.4, -0.2) is 42.5 Å². The van der Waals surface area contributed by atoms with Gasteiger partial charge in [0.1, 0.15) is 23.0 Å². The molecule has 1 heterocycles. The van der Waals surface area contributed by atoms with E-state index in [0.29, 0.717) is 11.3 Å². The summed E-state index contributed by atoms with van der Waals surface area (Å²) in [6, 6.07) is 17.8. The lowest BCUT2D eigenvalue weighted by molar-refractivity contribution is -0.385. The average Bonchev–Trinajstić information content (AvgIpc) is 3.12. The molecule has 0 bridgehead atoms. The summed E-state index contributed by atoms with van der Waals surface area (Å²) in [5.41, 5.74) is 1.12. The van der Waals surface area contributed by atoms with Gasteiger partial charge in [-0.3, -0.25) is 24.6 Å². The number of benzene rings is 3. The van der Waals surface area contributed by atoms with Crippen molar-refractivity contribution in [3.05, 3.63) is 98.9 Å². The first-order valence-electron chi connectivity index (χ1n) is 10.9. The zero-order chi connectivity index (χ0) is 26.6. The Morgan fingerprint density at radius 3 is 2.46 bits per heavy atom. The highest BCUT2D eigenvalue weighted by molar-refractivity contribution is 8.18. The van der Waals surface area contributed by atoms with E-state index in [1.165, 1.54) is 42.5 Å². The first-order chi connectivity index (χ1) is 17.6. The smallest absolute Gasteiger partial charge is 0.339 e. The zero-order valence-corrected chi connectivity index (χ0v) is 21.0. The molecule has 0 radical (unpaired) electrons. The number of ether oxygens (including phenoxy) is 1. The van der Waals surface area contributed by atoms with Crippen molar-refractivity contribution in [1.82, 2.24) is 4.90 Å². The van der Waals surface area contributed by atoms with Crippen molar-refractivity contribution < 1.29 is 31.9 Å². The van der Waals surface area contributed by atoms with E-state index < -0.39 is 31.9 Å². The molecule has 190 valence electrons. The molecule has 0 N–H and O–H groups in total. The number of nitro groups is 1. The number of rotatable bonds is 9. The molecule has 0 aliphatic carbocycles. The first kappa shape index (κ1) is 25.9. The lowest BCUT2D eigenvalue weighted by Crippen LogP contribution is -2.32. The van der Waals surface area contributed by atoms with Crippen LogP contribution in [0.25, 0.3) is 6.08 Å². The highest BCUT2D eigenvalue weighted by Gasteiger charge is 2.34. The molecule has 0 unspecified atom stereocenters. The van der Waals surface area contributed by atoms with Gasteiger partial charge in [-0.1, -0.05) is 35.9 Å². The molecule has 3 aromatic carbocycles. The topological polar surface area (TPSA) is 133 Å². The maximum absolute atomic E-state index is 12.8. The maximum Gasteiger partial charge on any atom is 0.339 e. The Bertz CT molecular complexity index is 1500. The molecular weight excluding hydrogens is 520 g/mol. The molecule has 0 saturated carbocycles. The first-order valence-corrected chi connectivity index (χ1v) is 13.1. The van der Waals surface area contributed by atoms with E-state index in [1.54, 1.807) is 18.2 Å². The second kappa shape index (κ2) is 10.8. The van der Waals surface area contributed by atoms with Crippen molar-refractivity contribution in [1.29, 1.82) is 0 Å². The van der Waals surface area contributed by atoms with Crippen LogP contribution in [0.3, 0.4) is 0 Å². The maximum atomic E-state index is 12.8. The summed E-state index contributed by atoms with van der Waals surface area (Å²) in [6.07, 6.45) is 1.46. The van der Waals surface area contributed by atoms with Gasteiger partial charge < -0.3 is 8.92 Å². The van der Waals surface area contributed by atoms with Crippen LogP contribution in [-0.2, 0) is 14.9 Å². The molecule has 2 amide bonds. The Labute approximate surface area is 216 Å². The molecule has 1 aliphatic rings. The third-order valence-electron chi connectivity index (χ3n) is 5.16. The standard InChI is InChI=1S/C25H20N2O8S2/c1-17-8-10-20(11-9-17)34-13-12-26-24(28)23(36-25(26)29)15-18-4-2-6-21(14-18)35-37(32,33)22-7-3-5-19(16-22)27(30)31/h2-11,14-16H,12-13H2,1H3/b23-15-. The Hall–Kier alpha value is -4.16. The van der Waals surface area contributed by atoms with Gasteiger partial charge in [0.05, 0.1) is 16.4 Å². The molecule has 12 heteroatoms. The third kappa shape index (κ3) is 6.35. The molecule has 37 heavy (non-hydrogen) atoms. The van der Waals surface area contributed by atoms with Gasteiger partial charge >= 0.3 is 10.1 Å². The number of imide groups is 1. The number of nitro benzene ring substituents is 1. The Morgan fingerprint density at radius 2 is 1.73 bits per heavy atom. The number of carbonyl (C=O) groups is 2. The number of carbonyl (C=O) groups excluding carboxylic acids is 2. The van der Waals surface area contributed by atoms with Gasteiger partial charge in [0.2, 0.25) is 0 Å².